The number of hydrogen-bond donors (Lipinski definition) is 3. The van der Waals surface area contributed by atoms with Gasteiger partial charge in [-0.25, -0.2) is 0 Å². The van der Waals surface area contributed by atoms with Gasteiger partial charge in [-0.3, -0.25) is 0 Å². The van der Waals surface area contributed by atoms with Gasteiger partial charge in [0.15, 0.2) is 0 Å². The number of ether oxygens (including phenoxy) is 1. The van der Waals surface area contributed by atoms with Crippen LogP contribution in [-0.2, 0) is 0 Å². The van der Waals surface area contributed by atoms with Crippen molar-refractivity contribution in [3.63, 3.8) is 0 Å². The number of aliphatic hydroxyl groups is 1. The van der Waals surface area contributed by atoms with Gasteiger partial charge in [0.1, 0.15) is 11.9 Å². The first kappa shape index (κ1) is 12.8. The zero-order valence-electron chi connectivity index (χ0n) is 11.4. The molecular weight excluding hydrogens is 240 g/mol. The number of aliphatic hydroxyl groups excluding tert-OH is 1. The van der Waals surface area contributed by atoms with E-state index in [1.54, 1.807) is 0 Å². The van der Waals surface area contributed by atoms with Crippen LogP contribution in [0.5, 0.6) is 5.75 Å². The summed E-state index contributed by atoms with van der Waals surface area (Å²) in [5.41, 5.74) is 1.95. The van der Waals surface area contributed by atoms with Crippen molar-refractivity contribution in [2.24, 2.45) is 0 Å². The molecule has 0 aromatic heterocycles. The lowest BCUT2D eigenvalue weighted by Crippen LogP contribution is -2.38. The predicted octanol–water partition coefficient (Wildman–Crippen LogP) is 2.05. The third-order valence-corrected chi connectivity index (χ3v) is 3.98. The Morgan fingerprint density at radius 3 is 3.05 bits per heavy atom. The van der Waals surface area contributed by atoms with E-state index < -0.39 is 6.10 Å². The quantitative estimate of drug-likeness (QED) is 0.763. The third-order valence-electron chi connectivity index (χ3n) is 3.98. The van der Waals surface area contributed by atoms with Crippen LogP contribution in [-0.4, -0.2) is 30.3 Å². The van der Waals surface area contributed by atoms with E-state index in [9.17, 15) is 5.11 Å². The summed E-state index contributed by atoms with van der Waals surface area (Å²) in [5, 5.41) is 17.2. The molecule has 0 amide bonds. The number of rotatable bonds is 2. The molecule has 1 aromatic carbocycles. The monoisotopic (exact) mass is 262 g/mol. The Balaban J connectivity index is 1.77. The van der Waals surface area contributed by atoms with Crippen molar-refractivity contribution >= 4 is 5.69 Å². The van der Waals surface area contributed by atoms with Crippen LogP contribution in [0.15, 0.2) is 18.2 Å². The molecule has 3 atom stereocenters. The van der Waals surface area contributed by atoms with Crippen LogP contribution in [0.2, 0.25) is 0 Å². The van der Waals surface area contributed by atoms with Crippen LogP contribution >= 0.6 is 0 Å². The normalized spacial score (nSPS) is 27.9. The Morgan fingerprint density at radius 2 is 2.26 bits per heavy atom. The third kappa shape index (κ3) is 2.69. The van der Waals surface area contributed by atoms with Gasteiger partial charge in [0.05, 0.1) is 18.3 Å². The van der Waals surface area contributed by atoms with Gasteiger partial charge < -0.3 is 20.5 Å². The zero-order valence-corrected chi connectivity index (χ0v) is 11.4. The first-order valence-electron chi connectivity index (χ1n) is 7.20. The van der Waals surface area contributed by atoms with E-state index in [-0.39, 0.29) is 12.1 Å². The van der Waals surface area contributed by atoms with Crippen LogP contribution in [0.25, 0.3) is 0 Å². The Morgan fingerprint density at radius 1 is 1.37 bits per heavy atom. The number of hydrogen-bond acceptors (Lipinski definition) is 4. The molecule has 2 aliphatic rings. The standard InChI is InChI=1S/C15H22N2O2/c1-10-9-17-13-8-11(5-6-14(13)19-10)15(18)12-4-2-3-7-16-12/h5-6,8,10,12,15-18H,2-4,7,9H2,1H3. The molecule has 0 radical (unpaired) electrons. The van der Waals surface area contributed by atoms with E-state index in [4.69, 9.17) is 4.74 Å². The molecule has 3 unspecified atom stereocenters. The summed E-state index contributed by atoms with van der Waals surface area (Å²) in [4.78, 5) is 0. The summed E-state index contributed by atoms with van der Waals surface area (Å²) in [6.07, 6.45) is 3.20. The topological polar surface area (TPSA) is 53.5 Å². The lowest BCUT2D eigenvalue weighted by Gasteiger charge is -2.30. The lowest BCUT2D eigenvalue weighted by molar-refractivity contribution is 0.113. The molecule has 1 aromatic rings. The predicted molar refractivity (Wildman–Crippen MR) is 75.6 cm³/mol. The van der Waals surface area contributed by atoms with Gasteiger partial charge in [0, 0.05) is 6.04 Å². The highest BCUT2D eigenvalue weighted by molar-refractivity contribution is 5.60. The minimum absolute atomic E-state index is 0.176. The highest BCUT2D eigenvalue weighted by Crippen LogP contribution is 2.33. The molecule has 0 spiro atoms. The van der Waals surface area contributed by atoms with Crippen molar-refractivity contribution in [3.05, 3.63) is 23.8 Å². The highest BCUT2D eigenvalue weighted by atomic mass is 16.5. The number of benzene rings is 1. The second-order valence-electron chi connectivity index (χ2n) is 5.57. The zero-order chi connectivity index (χ0) is 13.2. The molecule has 19 heavy (non-hydrogen) atoms. The van der Waals surface area contributed by atoms with Crippen molar-refractivity contribution < 1.29 is 9.84 Å². The molecule has 4 heteroatoms. The average molecular weight is 262 g/mol. The maximum Gasteiger partial charge on any atom is 0.142 e. The summed E-state index contributed by atoms with van der Waals surface area (Å²) in [6, 6.07) is 6.12. The van der Waals surface area contributed by atoms with Gasteiger partial charge in [-0.05, 0) is 44.0 Å². The van der Waals surface area contributed by atoms with Crippen molar-refractivity contribution in [1.29, 1.82) is 0 Å². The summed E-state index contributed by atoms with van der Waals surface area (Å²) in [7, 11) is 0. The minimum Gasteiger partial charge on any atom is -0.487 e. The second kappa shape index (κ2) is 5.39. The lowest BCUT2D eigenvalue weighted by atomic mass is 9.94. The van der Waals surface area contributed by atoms with Crippen molar-refractivity contribution in [2.75, 3.05) is 18.4 Å². The molecule has 4 nitrogen and oxygen atoms in total. The van der Waals surface area contributed by atoms with E-state index >= 15 is 0 Å². The fourth-order valence-corrected chi connectivity index (χ4v) is 2.87. The fraction of sp³-hybridized carbons (Fsp3) is 0.600. The van der Waals surface area contributed by atoms with Crippen molar-refractivity contribution in [3.8, 4) is 5.75 Å². The summed E-state index contributed by atoms with van der Waals surface area (Å²) >= 11 is 0. The van der Waals surface area contributed by atoms with Gasteiger partial charge in [-0.1, -0.05) is 12.5 Å². The maximum atomic E-state index is 10.5. The largest absolute Gasteiger partial charge is 0.487 e. The molecule has 0 aliphatic carbocycles. The van der Waals surface area contributed by atoms with Gasteiger partial charge in [-0.2, -0.15) is 0 Å². The average Bonchev–Trinajstić information content (AvgIpc) is 2.47. The van der Waals surface area contributed by atoms with E-state index in [1.165, 1.54) is 12.8 Å². The SMILES string of the molecule is CC1CNc2cc(C(O)C3CCCCN3)ccc2O1. The van der Waals surface area contributed by atoms with Crippen molar-refractivity contribution in [2.45, 2.75) is 44.4 Å². The Kier molecular flexibility index (Phi) is 3.62. The molecule has 2 aliphatic heterocycles. The molecule has 0 saturated carbocycles. The molecule has 1 saturated heterocycles. The van der Waals surface area contributed by atoms with Crippen LogP contribution in [0.3, 0.4) is 0 Å². The summed E-state index contributed by atoms with van der Waals surface area (Å²) in [6.45, 7) is 3.87. The Labute approximate surface area is 114 Å². The molecule has 3 N–H and O–H groups in total. The Bertz CT molecular complexity index is 444. The van der Waals surface area contributed by atoms with Gasteiger partial charge in [0.2, 0.25) is 0 Å². The first-order chi connectivity index (χ1) is 9.24. The van der Waals surface area contributed by atoms with E-state index in [2.05, 4.69) is 10.6 Å². The summed E-state index contributed by atoms with van der Waals surface area (Å²) < 4.78 is 5.75. The number of anilines is 1. The second-order valence-corrected chi connectivity index (χ2v) is 5.57. The van der Waals surface area contributed by atoms with Gasteiger partial charge >= 0.3 is 0 Å². The van der Waals surface area contributed by atoms with Crippen LogP contribution in [0.4, 0.5) is 5.69 Å². The molecule has 0 bridgehead atoms. The minimum atomic E-state index is -0.438. The van der Waals surface area contributed by atoms with Crippen molar-refractivity contribution in [1.82, 2.24) is 5.32 Å². The summed E-state index contributed by atoms with van der Waals surface area (Å²) in [5.74, 6) is 0.881. The van der Waals surface area contributed by atoms with E-state index in [0.717, 1.165) is 36.5 Å². The smallest absolute Gasteiger partial charge is 0.142 e. The molecule has 104 valence electrons. The number of fused-ring (bicyclic) bond motifs is 1. The Hall–Kier alpha value is -1.26. The van der Waals surface area contributed by atoms with E-state index in [0.29, 0.717) is 0 Å². The molecular formula is C15H22N2O2. The fourth-order valence-electron chi connectivity index (χ4n) is 2.87. The van der Waals surface area contributed by atoms with Crippen LogP contribution in [0, 0.1) is 0 Å². The van der Waals surface area contributed by atoms with Crippen LogP contribution < -0.4 is 15.4 Å². The van der Waals surface area contributed by atoms with Gasteiger partial charge in [-0.15, -0.1) is 0 Å². The highest BCUT2D eigenvalue weighted by Gasteiger charge is 2.24. The maximum absolute atomic E-state index is 10.5. The molecule has 1 fully saturated rings. The number of nitrogens with one attached hydrogen (secondary N) is 2. The molecule has 2 heterocycles. The molecule has 3 rings (SSSR count). The van der Waals surface area contributed by atoms with E-state index in [1.807, 2.05) is 25.1 Å². The first-order valence-corrected chi connectivity index (χ1v) is 7.20. The van der Waals surface area contributed by atoms with Gasteiger partial charge in [0.25, 0.3) is 0 Å². The van der Waals surface area contributed by atoms with Crippen LogP contribution in [0.1, 0.15) is 37.9 Å². The number of piperidine rings is 1.